The molecular weight excluding hydrogens is 430 g/mol. The molecule has 166 valence electrons. The van der Waals surface area contributed by atoms with Gasteiger partial charge in [-0.25, -0.2) is 4.79 Å². The van der Waals surface area contributed by atoms with E-state index in [0.717, 1.165) is 38.8 Å². The fourth-order valence-corrected chi connectivity index (χ4v) is 4.83. The molecule has 1 aromatic heterocycles. The van der Waals surface area contributed by atoms with Crippen LogP contribution in [-0.4, -0.2) is 28.9 Å². The minimum absolute atomic E-state index is 0.140. The van der Waals surface area contributed by atoms with E-state index in [1.807, 2.05) is 77.9 Å². The van der Waals surface area contributed by atoms with E-state index in [-0.39, 0.29) is 12.1 Å². The van der Waals surface area contributed by atoms with Crippen LogP contribution in [0.15, 0.2) is 96.0 Å². The van der Waals surface area contributed by atoms with Gasteiger partial charge in [0.05, 0.1) is 25.4 Å². The first kappa shape index (κ1) is 21.2. The van der Waals surface area contributed by atoms with Gasteiger partial charge in [0.2, 0.25) is 0 Å². The summed E-state index contributed by atoms with van der Waals surface area (Å²) in [6.45, 7) is 0.489. The van der Waals surface area contributed by atoms with Crippen LogP contribution >= 0.6 is 11.8 Å². The second kappa shape index (κ2) is 9.08. The Balaban J connectivity index is 1.60. The minimum atomic E-state index is -0.262. The molecule has 2 amide bonds. The van der Waals surface area contributed by atoms with E-state index in [2.05, 4.69) is 34.3 Å². The third-order valence-corrected chi connectivity index (χ3v) is 6.70. The van der Waals surface area contributed by atoms with E-state index < -0.39 is 0 Å². The molecule has 0 fully saturated rings. The normalized spacial score (nSPS) is 14.7. The second-order valence-electron chi connectivity index (χ2n) is 7.90. The van der Waals surface area contributed by atoms with Crippen molar-refractivity contribution in [3.8, 4) is 11.4 Å². The molecule has 3 aromatic carbocycles. The van der Waals surface area contributed by atoms with Gasteiger partial charge in [-0.3, -0.25) is 0 Å². The summed E-state index contributed by atoms with van der Waals surface area (Å²) in [6, 6.07) is 27.8. The van der Waals surface area contributed by atoms with Crippen LogP contribution in [0.3, 0.4) is 0 Å². The topological polar surface area (TPSA) is 46.5 Å². The predicted molar refractivity (Wildman–Crippen MR) is 133 cm³/mol. The molecule has 5 nitrogen and oxygen atoms in total. The smallest absolute Gasteiger partial charge is 0.322 e. The maximum atomic E-state index is 13.7. The Morgan fingerprint density at radius 2 is 1.82 bits per heavy atom. The first-order valence-corrected chi connectivity index (χ1v) is 12.0. The molecule has 0 saturated carbocycles. The van der Waals surface area contributed by atoms with E-state index in [1.54, 1.807) is 18.9 Å². The van der Waals surface area contributed by atoms with Crippen molar-refractivity contribution in [2.24, 2.45) is 0 Å². The Labute approximate surface area is 198 Å². The summed E-state index contributed by atoms with van der Waals surface area (Å²) < 4.78 is 7.55. The van der Waals surface area contributed by atoms with Crippen LogP contribution in [0, 0.1) is 0 Å². The first-order chi connectivity index (χ1) is 16.2. The molecule has 1 N–H and O–H groups in total. The Bertz CT molecular complexity index is 1280. The molecule has 5 rings (SSSR count). The van der Waals surface area contributed by atoms with Crippen molar-refractivity contribution in [1.29, 1.82) is 0 Å². The molecule has 6 heteroatoms. The molecule has 0 unspecified atom stereocenters. The highest BCUT2D eigenvalue weighted by atomic mass is 32.2. The number of fused-ring (bicyclic) bond motifs is 3. The number of nitrogens with one attached hydrogen (secondary N) is 1. The fourth-order valence-electron chi connectivity index (χ4n) is 4.37. The highest BCUT2D eigenvalue weighted by molar-refractivity contribution is 7.98. The van der Waals surface area contributed by atoms with Crippen molar-refractivity contribution in [2.75, 3.05) is 18.7 Å². The first-order valence-electron chi connectivity index (χ1n) is 10.8. The molecule has 1 aliphatic heterocycles. The van der Waals surface area contributed by atoms with Gasteiger partial charge in [-0.05, 0) is 65.9 Å². The fraction of sp³-hybridized carbons (Fsp3) is 0.148. The van der Waals surface area contributed by atoms with Crippen LogP contribution in [0.4, 0.5) is 10.5 Å². The number of carbonyl (C=O) groups excluding carboxylic acids is 1. The second-order valence-corrected chi connectivity index (χ2v) is 8.78. The lowest BCUT2D eigenvalue weighted by molar-refractivity contribution is 0.194. The van der Waals surface area contributed by atoms with Crippen LogP contribution in [-0.2, 0) is 6.54 Å². The molecule has 33 heavy (non-hydrogen) atoms. The Morgan fingerprint density at radius 1 is 1.00 bits per heavy atom. The summed E-state index contributed by atoms with van der Waals surface area (Å²) in [4.78, 5) is 16.8. The lowest BCUT2D eigenvalue weighted by atomic mass is 10.0. The van der Waals surface area contributed by atoms with Gasteiger partial charge in [-0.15, -0.1) is 11.8 Å². The molecule has 0 radical (unpaired) electrons. The van der Waals surface area contributed by atoms with Crippen LogP contribution < -0.4 is 10.1 Å². The lowest BCUT2D eigenvalue weighted by Gasteiger charge is -2.31. The number of ether oxygens (including phenoxy) is 1. The van der Waals surface area contributed by atoms with Gasteiger partial charge in [0.1, 0.15) is 5.75 Å². The summed E-state index contributed by atoms with van der Waals surface area (Å²) in [6.07, 6.45) is 4.09. The number of carbonyl (C=O) groups is 1. The molecular formula is C27H25N3O2S. The van der Waals surface area contributed by atoms with Gasteiger partial charge >= 0.3 is 6.03 Å². The van der Waals surface area contributed by atoms with Crippen LogP contribution in [0.2, 0.25) is 0 Å². The number of methoxy groups -OCH3 is 1. The van der Waals surface area contributed by atoms with Crippen molar-refractivity contribution in [1.82, 2.24) is 9.47 Å². The third-order valence-electron chi connectivity index (χ3n) is 5.98. The van der Waals surface area contributed by atoms with Crippen molar-refractivity contribution in [3.63, 3.8) is 0 Å². The van der Waals surface area contributed by atoms with Crippen molar-refractivity contribution in [2.45, 2.75) is 17.5 Å². The molecule has 0 bridgehead atoms. The van der Waals surface area contributed by atoms with Gasteiger partial charge in [-0.2, -0.15) is 0 Å². The van der Waals surface area contributed by atoms with E-state index in [9.17, 15) is 4.79 Å². The predicted octanol–water partition coefficient (Wildman–Crippen LogP) is 6.34. The summed E-state index contributed by atoms with van der Waals surface area (Å²) in [5, 5.41) is 3.13. The minimum Gasteiger partial charge on any atom is -0.497 e. The summed E-state index contributed by atoms with van der Waals surface area (Å²) in [5.41, 5.74) is 5.04. The number of aromatic nitrogens is 1. The number of thioether (sulfide) groups is 1. The van der Waals surface area contributed by atoms with Crippen molar-refractivity contribution < 1.29 is 9.53 Å². The number of nitrogens with zero attached hydrogens (tertiary/aromatic N) is 2. The Hall–Kier alpha value is -3.64. The maximum Gasteiger partial charge on any atom is 0.322 e. The van der Waals surface area contributed by atoms with Crippen molar-refractivity contribution in [3.05, 3.63) is 108 Å². The number of hydrogen-bond donors (Lipinski definition) is 1. The quantitative estimate of drug-likeness (QED) is 0.365. The summed E-state index contributed by atoms with van der Waals surface area (Å²) >= 11 is 1.65. The van der Waals surface area contributed by atoms with E-state index in [1.165, 1.54) is 0 Å². The molecule has 2 heterocycles. The zero-order valence-corrected chi connectivity index (χ0v) is 19.4. The molecule has 1 aliphatic rings. The highest BCUT2D eigenvalue weighted by Crippen LogP contribution is 2.37. The van der Waals surface area contributed by atoms with E-state index >= 15 is 0 Å². The van der Waals surface area contributed by atoms with Crippen molar-refractivity contribution >= 4 is 23.5 Å². The SMILES string of the molecule is COc1ccc([C@H]2c3cccn3-c3ccccc3CN2C(=O)Nc2cccc(SC)c2)cc1. The number of urea groups is 1. The number of para-hydroxylation sites is 1. The average Bonchev–Trinajstić information content (AvgIpc) is 3.28. The number of hydrogen-bond acceptors (Lipinski definition) is 3. The van der Waals surface area contributed by atoms with Gasteiger partial charge in [-0.1, -0.05) is 36.4 Å². The third kappa shape index (κ3) is 4.10. The monoisotopic (exact) mass is 455 g/mol. The summed E-state index contributed by atoms with van der Waals surface area (Å²) in [5.74, 6) is 0.788. The highest BCUT2D eigenvalue weighted by Gasteiger charge is 2.33. The summed E-state index contributed by atoms with van der Waals surface area (Å²) in [7, 11) is 1.66. The number of benzene rings is 3. The number of amides is 2. The lowest BCUT2D eigenvalue weighted by Crippen LogP contribution is -2.37. The van der Waals surface area contributed by atoms with Gasteiger partial charge in [0.15, 0.2) is 0 Å². The molecule has 0 aliphatic carbocycles. The van der Waals surface area contributed by atoms with Gasteiger partial charge < -0.3 is 19.5 Å². The molecule has 4 aromatic rings. The van der Waals surface area contributed by atoms with Gasteiger partial charge in [0, 0.05) is 22.5 Å². The zero-order chi connectivity index (χ0) is 22.8. The maximum absolute atomic E-state index is 13.7. The van der Waals surface area contributed by atoms with E-state index in [4.69, 9.17) is 4.74 Å². The van der Waals surface area contributed by atoms with Gasteiger partial charge in [0.25, 0.3) is 0 Å². The Morgan fingerprint density at radius 3 is 2.61 bits per heavy atom. The molecule has 0 saturated heterocycles. The van der Waals surface area contributed by atoms with Crippen LogP contribution in [0.5, 0.6) is 5.75 Å². The molecule has 1 atom stereocenters. The Kier molecular flexibility index (Phi) is 5.84. The standard InChI is InChI=1S/C27H25N3O2S/c1-32-22-14-12-19(13-15-22)26-25-11-6-16-29(25)24-10-4-3-7-20(24)18-30(26)27(31)28-21-8-5-9-23(17-21)33-2/h3-17,26H,18H2,1-2H3,(H,28,31)/t26-/m0/s1. The zero-order valence-electron chi connectivity index (χ0n) is 18.6. The number of anilines is 1. The average molecular weight is 456 g/mol. The van der Waals surface area contributed by atoms with E-state index in [0.29, 0.717) is 6.54 Å². The number of rotatable bonds is 4. The van der Waals surface area contributed by atoms with Crippen LogP contribution in [0.25, 0.3) is 5.69 Å². The van der Waals surface area contributed by atoms with Crippen LogP contribution in [0.1, 0.15) is 22.9 Å². The largest absolute Gasteiger partial charge is 0.497 e. The molecule has 0 spiro atoms.